The van der Waals surface area contributed by atoms with E-state index >= 15 is 0 Å². The Balaban J connectivity index is 1.43. The second-order valence-electron chi connectivity index (χ2n) is 7.62. The Labute approximate surface area is 193 Å². The highest BCUT2D eigenvalue weighted by Gasteiger charge is 2.28. The lowest BCUT2D eigenvalue weighted by molar-refractivity contribution is 0.0730. The van der Waals surface area contributed by atoms with Gasteiger partial charge in [0.15, 0.2) is 0 Å². The predicted molar refractivity (Wildman–Crippen MR) is 124 cm³/mol. The summed E-state index contributed by atoms with van der Waals surface area (Å²) in [6.07, 6.45) is 3.41. The minimum Gasteiger partial charge on any atom is -0.489 e. The van der Waals surface area contributed by atoms with Crippen LogP contribution in [-0.4, -0.2) is 49.9 Å². The van der Waals surface area contributed by atoms with Crippen LogP contribution in [0, 0.1) is 6.92 Å². The van der Waals surface area contributed by atoms with Crippen LogP contribution in [0.3, 0.4) is 0 Å². The Morgan fingerprint density at radius 1 is 1.06 bits per heavy atom. The van der Waals surface area contributed by atoms with Crippen LogP contribution in [0.15, 0.2) is 71.9 Å². The molecule has 2 aromatic carbocycles. The summed E-state index contributed by atoms with van der Waals surface area (Å²) in [6.45, 7) is 3.51. The number of anilines is 1. The zero-order chi connectivity index (χ0) is 23.3. The van der Waals surface area contributed by atoms with Crippen LogP contribution >= 0.6 is 0 Å². The maximum atomic E-state index is 13.1. The number of amides is 1. The smallest absolute Gasteiger partial charge is 0.255 e. The Kier molecular flexibility index (Phi) is 7.02. The van der Waals surface area contributed by atoms with Crippen LogP contribution in [0.2, 0.25) is 0 Å². The van der Waals surface area contributed by atoms with E-state index in [1.165, 1.54) is 10.4 Å². The molecule has 8 nitrogen and oxygen atoms in total. The molecule has 0 spiro atoms. The third kappa shape index (κ3) is 5.57. The van der Waals surface area contributed by atoms with Crippen molar-refractivity contribution in [2.45, 2.75) is 18.4 Å². The molecule has 0 aliphatic carbocycles. The van der Waals surface area contributed by atoms with Crippen molar-refractivity contribution in [2.75, 3.05) is 31.6 Å². The molecule has 1 fully saturated rings. The van der Waals surface area contributed by atoms with Crippen LogP contribution in [0.1, 0.15) is 21.5 Å². The number of ether oxygens (including phenoxy) is 2. The van der Waals surface area contributed by atoms with Gasteiger partial charge in [-0.1, -0.05) is 6.07 Å². The Morgan fingerprint density at radius 3 is 2.45 bits per heavy atom. The van der Waals surface area contributed by atoms with E-state index in [1.807, 2.05) is 12.1 Å². The van der Waals surface area contributed by atoms with Crippen molar-refractivity contribution in [2.24, 2.45) is 0 Å². The zero-order valence-corrected chi connectivity index (χ0v) is 19.0. The quantitative estimate of drug-likeness (QED) is 0.573. The van der Waals surface area contributed by atoms with E-state index in [9.17, 15) is 13.2 Å². The van der Waals surface area contributed by atoms with Gasteiger partial charge in [0, 0.05) is 36.7 Å². The fraction of sp³-hybridized carbons (Fsp3) is 0.250. The van der Waals surface area contributed by atoms with E-state index in [0.717, 1.165) is 5.56 Å². The van der Waals surface area contributed by atoms with Crippen molar-refractivity contribution in [3.8, 4) is 5.75 Å². The monoisotopic (exact) mass is 467 g/mol. The molecule has 0 bridgehead atoms. The number of pyridine rings is 1. The van der Waals surface area contributed by atoms with Gasteiger partial charge in [0.2, 0.25) is 10.0 Å². The average Bonchev–Trinajstić information content (AvgIpc) is 2.85. The zero-order valence-electron chi connectivity index (χ0n) is 18.2. The van der Waals surface area contributed by atoms with Crippen molar-refractivity contribution < 1.29 is 22.7 Å². The lowest BCUT2D eigenvalue weighted by atomic mass is 10.2. The molecule has 1 aromatic heterocycles. The first-order valence-electron chi connectivity index (χ1n) is 10.6. The van der Waals surface area contributed by atoms with Crippen molar-refractivity contribution in [1.29, 1.82) is 0 Å². The topological polar surface area (TPSA) is 97.8 Å². The van der Waals surface area contributed by atoms with Gasteiger partial charge >= 0.3 is 0 Å². The molecule has 172 valence electrons. The molecule has 33 heavy (non-hydrogen) atoms. The van der Waals surface area contributed by atoms with Crippen LogP contribution in [0.25, 0.3) is 0 Å². The maximum absolute atomic E-state index is 13.1. The standard InChI is InChI=1S/C24H25N3O5S/c1-18-2-5-21(16-23(18)33(29,30)27-12-14-31-15-13-27)26-24(28)20-3-6-22(7-4-20)32-17-19-8-10-25-11-9-19/h2-11,16H,12-15,17H2,1H3,(H,26,28). The van der Waals surface area contributed by atoms with Crippen molar-refractivity contribution in [3.05, 3.63) is 83.7 Å². The van der Waals surface area contributed by atoms with Gasteiger partial charge in [0.1, 0.15) is 12.4 Å². The summed E-state index contributed by atoms with van der Waals surface area (Å²) >= 11 is 0. The molecule has 4 rings (SSSR count). The number of aryl methyl sites for hydroxylation is 1. The predicted octanol–water partition coefficient (Wildman–Crippen LogP) is 3.24. The molecule has 0 radical (unpaired) electrons. The molecule has 0 saturated carbocycles. The van der Waals surface area contributed by atoms with E-state index in [-0.39, 0.29) is 10.8 Å². The highest BCUT2D eigenvalue weighted by Crippen LogP contribution is 2.25. The van der Waals surface area contributed by atoms with E-state index in [2.05, 4.69) is 10.3 Å². The number of benzene rings is 2. The third-order valence-corrected chi connectivity index (χ3v) is 7.35. The number of sulfonamides is 1. The van der Waals surface area contributed by atoms with E-state index in [1.54, 1.807) is 55.7 Å². The molecule has 0 unspecified atom stereocenters. The largest absolute Gasteiger partial charge is 0.489 e. The number of aromatic nitrogens is 1. The van der Waals surface area contributed by atoms with Gasteiger partial charge in [0.05, 0.1) is 18.1 Å². The molecular weight excluding hydrogens is 442 g/mol. The minimum absolute atomic E-state index is 0.182. The van der Waals surface area contributed by atoms with Crippen molar-refractivity contribution in [1.82, 2.24) is 9.29 Å². The number of rotatable bonds is 7. The van der Waals surface area contributed by atoms with E-state index < -0.39 is 10.0 Å². The molecule has 2 heterocycles. The van der Waals surface area contributed by atoms with Crippen LogP contribution in [0.4, 0.5) is 5.69 Å². The van der Waals surface area contributed by atoms with Gasteiger partial charge in [-0.25, -0.2) is 8.42 Å². The molecule has 1 amide bonds. The fourth-order valence-electron chi connectivity index (χ4n) is 3.43. The van der Waals surface area contributed by atoms with Gasteiger partial charge in [0.25, 0.3) is 5.91 Å². The normalized spacial score (nSPS) is 14.6. The van der Waals surface area contributed by atoms with Gasteiger partial charge in [-0.15, -0.1) is 0 Å². The number of morpholine rings is 1. The highest BCUT2D eigenvalue weighted by atomic mass is 32.2. The Morgan fingerprint density at radius 2 is 1.76 bits per heavy atom. The molecule has 1 saturated heterocycles. The van der Waals surface area contributed by atoms with Gasteiger partial charge < -0.3 is 14.8 Å². The first-order valence-corrected chi connectivity index (χ1v) is 12.0. The number of carbonyl (C=O) groups is 1. The lowest BCUT2D eigenvalue weighted by Gasteiger charge is -2.26. The summed E-state index contributed by atoms with van der Waals surface area (Å²) in [6, 6.07) is 15.4. The van der Waals surface area contributed by atoms with Crippen LogP contribution < -0.4 is 10.1 Å². The van der Waals surface area contributed by atoms with Crippen molar-refractivity contribution >= 4 is 21.6 Å². The molecule has 9 heteroatoms. The number of hydrogen-bond acceptors (Lipinski definition) is 6. The van der Waals surface area contributed by atoms with E-state index in [0.29, 0.717) is 55.5 Å². The molecule has 3 aromatic rings. The van der Waals surface area contributed by atoms with E-state index in [4.69, 9.17) is 9.47 Å². The number of hydrogen-bond donors (Lipinski definition) is 1. The molecule has 1 N–H and O–H groups in total. The second-order valence-corrected chi connectivity index (χ2v) is 9.53. The third-order valence-electron chi connectivity index (χ3n) is 5.31. The molecular formula is C24H25N3O5S. The summed E-state index contributed by atoms with van der Waals surface area (Å²) in [7, 11) is -3.67. The van der Waals surface area contributed by atoms with Crippen molar-refractivity contribution in [3.63, 3.8) is 0 Å². The van der Waals surface area contributed by atoms with Gasteiger partial charge in [-0.2, -0.15) is 4.31 Å². The average molecular weight is 468 g/mol. The summed E-state index contributed by atoms with van der Waals surface area (Å²) < 4.78 is 38.5. The summed E-state index contributed by atoms with van der Waals surface area (Å²) in [5.74, 6) is 0.298. The summed E-state index contributed by atoms with van der Waals surface area (Å²) in [5.41, 5.74) is 2.46. The fourth-order valence-corrected chi connectivity index (χ4v) is 5.09. The Bertz CT molecular complexity index is 1210. The lowest BCUT2D eigenvalue weighted by Crippen LogP contribution is -2.40. The minimum atomic E-state index is -3.67. The molecule has 0 atom stereocenters. The number of nitrogens with zero attached hydrogens (tertiary/aromatic N) is 2. The van der Waals surface area contributed by atoms with Crippen LogP contribution in [-0.2, 0) is 21.4 Å². The first kappa shape index (κ1) is 22.9. The van der Waals surface area contributed by atoms with Gasteiger partial charge in [-0.3, -0.25) is 9.78 Å². The summed E-state index contributed by atoms with van der Waals surface area (Å²) in [5, 5.41) is 2.78. The van der Waals surface area contributed by atoms with Gasteiger partial charge in [-0.05, 0) is 66.6 Å². The highest BCUT2D eigenvalue weighted by molar-refractivity contribution is 7.89. The molecule has 1 aliphatic heterocycles. The second kappa shape index (κ2) is 10.1. The summed E-state index contributed by atoms with van der Waals surface area (Å²) in [4.78, 5) is 16.9. The van der Waals surface area contributed by atoms with Crippen LogP contribution in [0.5, 0.6) is 5.75 Å². The number of nitrogens with one attached hydrogen (secondary N) is 1. The molecule has 1 aliphatic rings. The Hall–Kier alpha value is -3.27. The SMILES string of the molecule is Cc1ccc(NC(=O)c2ccc(OCc3ccncc3)cc2)cc1S(=O)(=O)N1CCOCC1. The number of carbonyl (C=O) groups excluding carboxylic acids is 1. The maximum Gasteiger partial charge on any atom is 0.255 e. The first-order chi connectivity index (χ1) is 15.9.